The van der Waals surface area contributed by atoms with Crippen LogP contribution in [0, 0.1) is 0 Å². The average Bonchev–Trinajstić information content (AvgIpc) is 2.52. The minimum Gasteiger partial charge on any atom is -0.497 e. The molecule has 118 valence electrons. The van der Waals surface area contributed by atoms with Gasteiger partial charge in [0.15, 0.2) is 0 Å². The summed E-state index contributed by atoms with van der Waals surface area (Å²) >= 11 is 0. The number of nitrogens with zero attached hydrogens (tertiary/aromatic N) is 1. The van der Waals surface area contributed by atoms with Gasteiger partial charge in [-0.3, -0.25) is 4.90 Å². The molecule has 1 aromatic carbocycles. The Hall–Kier alpha value is -1.10. The lowest BCUT2D eigenvalue weighted by Crippen LogP contribution is -2.51. The predicted molar refractivity (Wildman–Crippen MR) is 85.9 cm³/mol. The summed E-state index contributed by atoms with van der Waals surface area (Å²) in [5.41, 5.74) is 1.29. The maximum absolute atomic E-state index is 5.50. The fourth-order valence-corrected chi connectivity index (χ4v) is 2.87. The molecule has 21 heavy (non-hydrogen) atoms. The molecule has 1 fully saturated rings. The lowest BCUT2D eigenvalue weighted by atomic mass is 10.1. The maximum Gasteiger partial charge on any atom is 0.118 e. The van der Waals surface area contributed by atoms with Gasteiger partial charge >= 0.3 is 0 Å². The van der Waals surface area contributed by atoms with Crippen LogP contribution in [0.1, 0.15) is 32.4 Å². The van der Waals surface area contributed by atoms with Crippen LogP contribution < -0.4 is 10.1 Å². The van der Waals surface area contributed by atoms with Crippen molar-refractivity contribution in [2.45, 2.75) is 38.9 Å². The molecule has 3 atom stereocenters. The molecule has 0 radical (unpaired) electrons. The van der Waals surface area contributed by atoms with Crippen molar-refractivity contribution in [3.05, 3.63) is 29.8 Å². The lowest BCUT2D eigenvalue weighted by Gasteiger charge is -2.38. The van der Waals surface area contributed by atoms with E-state index in [4.69, 9.17) is 9.47 Å². The monoisotopic (exact) mass is 292 g/mol. The number of hydrogen-bond donors (Lipinski definition) is 1. The molecule has 0 saturated carbocycles. The first-order valence-corrected chi connectivity index (χ1v) is 7.82. The Kier molecular flexibility index (Phi) is 6.03. The highest BCUT2D eigenvalue weighted by Crippen LogP contribution is 2.18. The highest BCUT2D eigenvalue weighted by molar-refractivity contribution is 5.28. The standard InChI is InChI=1S/C17H28N2O2/c1-13(19-9-10-21-12-14(19)2)11-18-15(3)16-5-7-17(20-4)8-6-16/h5-8,13-15,18H,9-12H2,1-4H3/t13-,14-,15+/m1/s1. The van der Waals surface area contributed by atoms with Crippen molar-refractivity contribution in [2.75, 3.05) is 33.4 Å². The minimum absolute atomic E-state index is 0.342. The van der Waals surface area contributed by atoms with Crippen LogP contribution >= 0.6 is 0 Å². The Morgan fingerprint density at radius 2 is 2.05 bits per heavy atom. The van der Waals surface area contributed by atoms with Gasteiger partial charge < -0.3 is 14.8 Å². The third-order valence-corrected chi connectivity index (χ3v) is 4.32. The van der Waals surface area contributed by atoms with E-state index in [1.807, 2.05) is 12.1 Å². The summed E-state index contributed by atoms with van der Waals surface area (Å²) in [5.74, 6) is 0.904. The molecule has 1 saturated heterocycles. The van der Waals surface area contributed by atoms with Crippen LogP contribution in [0.3, 0.4) is 0 Å². The SMILES string of the molecule is COc1ccc([C@H](C)NC[C@@H](C)N2CCOC[C@H]2C)cc1. The zero-order valence-corrected chi connectivity index (χ0v) is 13.6. The van der Waals surface area contributed by atoms with E-state index in [1.165, 1.54) is 5.56 Å². The van der Waals surface area contributed by atoms with Gasteiger partial charge in [-0.15, -0.1) is 0 Å². The van der Waals surface area contributed by atoms with Crippen molar-refractivity contribution in [1.29, 1.82) is 0 Å². The van der Waals surface area contributed by atoms with E-state index in [-0.39, 0.29) is 0 Å². The summed E-state index contributed by atoms with van der Waals surface area (Å²) < 4.78 is 10.7. The third-order valence-electron chi connectivity index (χ3n) is 4.32. The molecule has 0 spiro atoms. The molecule has 1 N–H and O–H groups in total. The molecule has 4 heteroatoms. The van der Waals surface area contributed by atoms with Crippen molar-refractivity contribution in [1.82, 2.24) is 10.2 Å². The summed E-state index contributed by atoms with van der Waals surface area (Å²) in [6.45, 7) is 10.4. The molecule has 0 unspecified atom stereocenters. The first-order valence-electron chi connectivity index (χ1n) is 7.82. The van der Waals surface area contributed by atoms with Crippen LogP contribution in [0.4, 0.5) is 0 Å². The van der Waals surface area contributed by atoms with Gasteiger partial charge in [-0.2, -0.15) is 0 Å². The lowest BCUT2D eigenvalue weighted by molar-refractivity contribution is -0.0184. The molecule has 1 aliphatic rings. The molecule has 0 bridgehead atoms. The summed E-state index contributed by atoms with van der Waals surface area (Å²) in [6.07, 6.45) is 0. The van der Waals surface area contributed by atoms with Crippen LogP contribution in [0.25, 0.3) is 0 Å². The van der Waals surface area contributed by atoms with Crippen LogP contribution in [0.5, 0.6) is 5.75 Å². The highest BCUT2D eigenvalue weighted by Gasteiger charge is 2.23. The molecule has 0 aliphatic carbocycles. The second-order valence-electron chi connectivity index (χ2n) is 5.91. The molecule has 1 aliphatic heterocycles. The van der Waals surface area contributed by atoms with Crippen LogP contribution in [0.15, 0.2) is 24.3 Å². The van der Waals surface area contributed by atoms with E-state index in [9.17, 15) is 0 Å². The van der Waals surface area contributed by atoms with Gasteiger partial charge in [0.1, 0.15) is 5.75 Å². The van der Waals surface area contributed by atoms with Crippen LogP contribution in [0.2, 0.25) is 0 Å². The molecule has 2 rings (SSSR count). The van der Waals surface area contributed by atoms with Gasteiger partial charge in [-0.05, 0) is 38.5 Å². The Morgan fingerprint density at radius 3 is 2.67 bits per heavy atom. The molecule has 4 nitrogen and oxygen atoms in total. The van der Waals surface area contributed by atoms with Crippen molar-refractivity contribution in [3.8, 4) is 5.75 Å². The summed E-state index contributed by atoms with van der Waals surface area (Å²) in [6, 6.07) is 9.64. The van der Waals surface area contributed by atoms with Crippen molar-refractivity contribution >= 4 is 0 Å². The molecule has 1 heterocycles. The Labute approximate surface area is 128 Å². The predicted octanol–water partition coefficient (Wildman–Crippen LogP) is 2.46. The Bertz CT molecular complexity index is 421. The number of morpholine rings is 1. The minimum atomic E-state index is 0.342. The number of benzene rings is 1. The summed E-state index contributed by atoms with van der Waals surface area (Å²) in [4.78, 5) is 2.53. The zero-order chi connectivity index (χ0) is 15.2. The van der Waals surface area contributed by atoms with E-state index in [1.54, 1.807) is 7.11 Å². The molecule has 0 amide bonds. The maximum atomic E-state index is 5.50. The number of nitrogens with one attached hydrogen (secondary N) is 1. The second kappa shape index (κ2) is 7.78. The Morgan fingerprint density at radius 1 is 1.33 bits per heavy atom. The van der Waals surface area contributed by atoms with Crippen LogP contribution in [-0.4, -0.2) is 50.4 Å². The van der Waals surface area contributed by atoms with Gasteiger partial charge in [0.2, 0.25) is 0 Å². The van der Waals surface area contributed by atoms with E-state index in [0.717, 1.165) is 32.1 Å². The first kappa shape index (κ1) is 16.3. The smallest absolute Gasteiger partial charge is 0.118 e. The zero-order valence-electron chi connectivity index (χ0n) is 13.6. The van der Waals surface area contributed by atoms with Crippen LogP contribution in [-0.2, 0) is 4.74 Å². The normalized spacial score (nSPS) is 22.8. The molecular weight excluding hydrogens is 264 g/mol. The number of ether oxygens (including phenoxy) is 2. The second-order valence-corrected chi connectivity index (χ2v) is 5.91. The van der Waals surface area contributed by atoms with E-state index in [2.05, 4.69) is 43.1 Å². The highest BCUT2D eigenvalue weighted by atomic mass is 16.5. The number of methoxy groups -OCH3 is 1. The number of rotatable bonds is 6. The first-order chi connectivity index (χ1) is 10.1. The summed E-state index contributed by atoms with van der Waals surface area (Å²) in [5, 5.41) is 3.63. The largest absolute Gasteiger partial charge is 0.497 e. The summed E-state index contributed by atoms with van der Waals surface area (Å²) in [7, 11) is 1.70. The topological polar surface area (TPSA) is 33.7 Å². The molecular formula is C17H28N2O2. The van der Waals surface area contributed by atoms with E-state index in [0.29, 0.717) is 18.1 Å². The fourth-order valence-electron chi connectivity index (χ4n) is 2.87. The third kappa shape index (κ3) is 4.43. The van der Waals surface area contributed by atoms with Crippen molar-refractivity contribution in [2.24, 2.45) is 0 Å². The van der Waals surface area contributed by atoms with Gasteiger partial charge in [-0.1, -0.05) is 12.1 Å². The van der Waals surface area contributed by atoms with Crippen molar-refractivity contribution in [3.63, 3.8) is 0 Å². The molecule has 0 aromatic heterocycles. The average molecular weight is 292 g/mol. The van der Waals surface area contributed by atoms with Gasteiger partial charge in [0.25, 0.3) is 0 Å². The fraction of sp³-hybridized carbons (Fsp3) is 0.647. The Balaban J connectivity index is 1.83. The quantitative estimate of drug-likeness (QED) is 0.873. The van der Waals surface area contributed by atoms with E-state index >= 15 is 0 Å². The molecule has 1 aromatic rings. The van der Waals surface area contributed by atoms with Crippen molar-refractivity contribution < 1.29 is 9.47 Å². The van der Waals surface area contributed by atoms with Gasteiger partial charge in [0, 0.05) is 31.2 Å². The van der Waals surface area contributed by atoms with Gasteiger partial charge in [-0.25, -0.2) is 0 Å². The number of hydrogen-bond acceptors (Lipinski definition) is 4. The van der Waals surface area contributed by atoms with E-state index < -0.39 is 0 Å². The van der Waals surface area contributed by atoms with Gasteiger partial charge in [0.05, 0.1) is 20.3 Å².